The SMILES string of the molecule is Cc1cccc(-c2cnc(C(C)(C)O)cn2)c1. The highest BCUT2D eigenvalue weighted by molar-refractivity contribution is 5.58. The molecule has 0 spiro atoms. The number of aliphatic hydroxyl groups is 1. The van der Waals surface area contributed by atoms with Gasteiger partial charge in [-0.15, -0.1) is 0 Å². The molecule has 3 nitrogen and oxygen atoms in total. The Morgan fingerprint density at radius 2 is 1.88 bits per heavy atom. The van der Waals surface area contributed by atoms with Gasteiger partial charge >= 0.3 is 0 Å². The second kappa shape index (κ2) is 4.26. The van der Waals surface area contributed by atoms with Crippen LogP contribution in [0, 0.1) is 6.92 Å². The van der Waals surface area contributed by atoms with Crippen molar-refractivity contribution >= 4 is 0 Å². The standard InChI is InChI=1S/C14H16N2O/c1-10-5-4-6-11(7-10)12-8-16-13(9-15-12)14(2,3)17/h4-9,17H,1-3H3. The lowest BCUT2D eigenvalue weighted by atomic mass is 10.1. The molecule has 1 aromatic carbocycles. The van der Waals surface area contributed by atoms with Gasteiger partial charge in [-0.1, -0.05) is 23.8 Å². The van der Waals surface area contributed by atoms with Crippen LogP contribution in [-0.4, -0.2) is 15.1 Å². The van der Waals surface area contributed by atoms with Gasteiger partial charge in [0.25, 0.3) is 0 Å². The Bertz CT molecular complexity index is 512. The lowest BCUT2D eigenvalue weighted by Gasteiger charge is -2.15. The Labute approximate surface area is 101 Å². The molecule has 0 saturated carbocycles. The van der Waals surface area contributed by atoms with Crippen molar-refractivity contribution in [3.63, 3.8) is 0 Å². The Hall–Kier alpha value is -1.74. The minimum absolute atomic E-state index is 0.578. The zero-order valence-electron chi connectivity index (χ0n) is 10.3. The van der Waals surface area contributed by atoms with Crippen LogP contribution in [-0.2, 0) is 5.60 Å². The number of aryl methyl sites for hydroxylation is 1. The van der Waals surface area contributed by atoms with E-state index < -0.39 is 5.60 Å². The molecule has 0 atom stereocenters. The van der Waals surface area contributed by atoms with Crippen LogP contribution < -0.4 is 0 Å². The van der Waals surface area contributed by atoms with Crippen molar-refractivity contribution in [3.8, 4) is 11.3 Å². The molecule has 3 heteroatoms. The first-order valence-electron chi connectivity index (χ1n) is 5.59. The van der Waals surface area contributed by atoms with Gasteiger partial charge in [0.1, 0.15) is 5.60 Å². The number of rotatable bonds is 2. The molecule has 1 heterocycles. The van der Waals surface area contributed by atoms with Gasteiger partial charge in [0, 0.05) is 5.56 Å². The maximum Gasteiger partial charge on any atom is 0.102 e. The van der Waals surface area contributed by atoms with Crippen molar-refractivity contribution in [2.45, 2.75) is 26.4 Å². The average Bonchev–Trinajstić information content (AvgIpc) is 2.28. The predicted molar refractivity (Wildman–Crippen MR) is 67.4 cm³/mol. The van der Waals surface area contributed by atoms with E-state index in [9.17, 15) is 5.11 Å². The van der Waals surface area contributed by atoms with E-state index >= 15 is 0 Å². The Morgan fingerprint density at radius 1 is 1.12 bits per heavy atom. The third-order valence-corrected chi connectivity index (χ3v) is 2.59. The van der Waals surface area contributed by atoms with Crippen molar-refractivity contribution in [1.82, 2.24) is 9.97 Å². The van der Waals surface area contributed by atoms with Gasteiger partial charge < -0.3 is 5.11 Å². The van der Waals surface area contributed by atoms with Crippen LogP contribution in [0.2, 0.25) is 0 Å². The van der Waals surface area contributed by atoms with Crippen LogP contribution in [0.25, 0.3) is 11.3 Å². The van der Waals surface area contributed by atoms with Gasteiger partial charge in [0.2, 0.25) is 0 Å². The minimum Gasteiger partial charge on any atom is -0.384 e. The normalized spacial score (nSPS) is 11.5. The lowest BCUT2D eigenvalue weighted by Crippen LogP contribution is -2.17. The van der Waals surface area contributed by atoms with E-state index in [0.29, 0.717) is 5.69 Å². The van der Waals surface area contributed by atoms with Gasteiger partial charge in [0.15, 0.2) is 0 Å². The smallest absolute Gasteiger partial charge is 0.102 e. The lowest BCUT2D eigenvalue weighted by molar-refractivity contribution is 0.0734. The summed E-state index contributed by atoms with van der Waals surface area (Å²) in [6.07, 6.45) is 3.32. The van der Waals surface area contributed by atoms with Crippen LogP contribution >= 0.6 is 0 Å². The first-order chi connectivity index (χ1) is 7.97. The van der Waals surface area contributed by atoms with Crippen molar-refractivity contribution in [2.24, 2.45) is 0 Å². The molecule has 0 saturated heterocycles. The van der Waals surface area contributed by atoms with Crippen LogP contribution in [0.5, 0.6) is 0 Å². The maximum atomic E-state index is 9.79. The quantitative estimate of drug-likeness (QED) is 0.859. The summed E-state index contributed by atoms with van der Waals surface area (Å²) in [6.45, 7) is 5.44. The molecular formula is C14H16N2O. The fourth-order valence-corrected chi connectivity index (χ4v) is 1.60. The van der Waals surface area contributed by atoms with Crippen LogP contribution in [0.15, 0.2) is 36.7 Å². The van der Waals surface area contributed by atoms with E-state index in [-0.39, 0.29) is 0 Å². The molecule has 0 aliphatic rings. The topological polar surface area (TPSA) is 46.0 Å². The maximum absolute atomic E-state index is 9.79. The zero-order valence-corrected chi connectivity index (χ0v) is 10.3. The highest BCUT2D eigenvalue weighted by Crippen LogP contribution is 2.20. The predicted octanol–water partition coefficient (Wildman–Crippen LogP) is 2.68. The second-order valence-electron chi connectivity index (χ2n) is 4.72. The van der Waals surface area contributed by atoms with E-state index in [1.54, 1.807) is 26.2 Å². The van der Waals surface area contributed by atoms with E-state index in [2.05, 4.69) is 16.0 Å². The molecule has 1 N–H and O–H groups in total. The number of nitrogens with zero attached hydrogens (tertiary/aromatic N) is 2. The molecule has 1 aromatic heterocycles. The van der Waals surface area contributed by atoms with Crippen molar-refractivity contribution in [2.75, 3.05) is 0 Å². The summed E-state index contributed by atoms with van der Waals surface area (Å²) in [6, 6.07) is 8.10. The van der Waals surface area contributed by atoms with Gasteiger partial charge in [-0.2, -0.15) is 0 Å². The molecule has 17 heavy (non-hydrogen) atoms. The fraction of sp³-hybridized carbons (Fsp3) is 0.286. The fourth-order valence-electron chi connectivity index (χ4n) is 1.60. The Kier molecular flexibility index (Phi) is 2.94. The average molecular weight is 228 g/mol. The molecule has 0 radical (unpaired) electrons. The van der Waals surface area contributed by atoms with Crippen LogP contribution in [0.1, 0.15) is 25.1 Å². The van der Waals surface area contributed by atoms with Gasteiger partial charge in [-0.25, -0.2) is 0 Å². The molecule has 0 amide bonds. The van der Waals surface area contributed by atoms with E-state index in [0.717, 1.165) is 11.3 Å². The zero-order chi connectivity index (χ0) is 12.5. The molecule has 0 unspecified atom stereocenters. The minimum atomic E-state index is -0.946. The first kappa shape index (κ1) is 11.7. The van der Waals surface area contributed by atoms with Gasteiger partial charge in [0.05, 0.1) is 23.8 Å². The van der Waals surface area contributed by atoms with Crippen molar-refractivity contribution in [1.29, 1.82) is 0 Å². The molecule has 88 valence electrons. The van der Waals surface area contributed by atoms with Crippen molar-refractivity contribution < 1.29 is 5.11 Å². The largest absolute Gasteiger partial charge is 0.384 e. The summed E-state index contributed by atoms with van der Waals surface area (Å²) in [7, 11) is 0. The number of hydrogen-bond acceptors (Lipinski definition) is 3. The summed E-state index contributed by atoms with van der Waals surface area (Å²) < 4.78 is 0. The Balaban J connectivity index is 2.36. The van der Waals surface area contributed by atoms with E-state index in [4.69, 9.17) is 0 Å². The first-order valence-corrected chi connectivity index (χ1v) is 5.59. The highest BCUT2D eigenvalue weighted by atomic mass is 16.3. The summed E-state index contributed by atoms with van der Waals surface area (Å²) >= 11 is 0. The summed E-state index contributed by atoms with van der Waals surface area (Å²) in [5.74, 6) is 0. The Morgan fingerprint density at radius 3 is 2.41 bits per heavy atom. The molecule has 0 aliphatic heterocycles. The van der Waals surface area contributed by atoms with Gasteiger partial charge in [-0.05, 0) is 26.8 Å². The van der Waals surface area contributed by atoms with Crippen LogP contribution in [0.3, 0.4) is 0 Å². The number of hydrogen-bond donors (Lipinski definition) is 1. The van der Waals surface area contributed by atoms with E-state index in [1.165, 1.54) is 5.56 Å². The van der Waals surface area contributed by atoms with E-state index in [1.807, 2.05) is 25.1 Å². The summed E-state index contributed by atoms with van der Waals surface area (Å²) in [5.41, 5.74) is 2.68. The second-order valence-corrected chi connectivity index (χ2v) is 4.72. The monoisotopic (exact) mass is 228 g/mol. The molecular weight excluding hydrogens is 212 g/mol. The number of aromatic nitrogens is 2. The third-order valence-electron chi connectivity index (χ3n) is 2.59. The molecule has 2 aromatic rings. The molecule has 0 aliphatic carbocycles. The summed E-state index contributed by atoms with van der Waals surface area (Å²) in [5, 5.41) is 9.79. The van der Waals surface area contributed by atoms with Crippen LogP contribution in [0.4, 0.5) is 0 Å². The number of benzene rings is 1. The van der Waals surface area contributed by atoms with Crippen molar-refractivity contribution in [3.05, 3.63) is 47.9 Å². The summed E-state index contributed by atoms with van der Waals surface area (Å²) in [4.78, 5) is 8.58. The molecule has 2 rings (SSSR count). The van der Waals surface area contributed by atoms with Gasteiger partial charge in [-0.3, -0.25) is 9.97 Å². The third kappa shape index (κ3) is 2.68. The highest BCUT2D eigenvalue weighted by Gasteiger charge is 2.17. The molecule has 0 bridgehead atoms. The molecule has 0 fully saturated rings.